The van der Waals surface area contributed by atoms with Gasteiger partial charge in [-0.15, -0.1) is 0 Å². The molecule has 6 rings (SSSR count). The van der Waals surface area contributed by atoms with Gasteiger partial charge in [0.15, 0.2) is 11.6 Å². The standard InChI is InChI=1S/C41H28F6O2/c1-4-25-9-16-34(37(44)18-25)41(46,47)49-40-23-36(43)33(22-38(40)45)30-14-13-28-17-26(7-12-29(28)19-30)8-15-32-35(42)20-31(21-39(32)48-3)27-10-5-24(2)6-11-27/h5-7,9-14,16-23H,4H2,1-3H3. The van der Waals surface area contributed by atoms with E-state index in [1.165, 1.54) is 19.2 Å². The maximum Gasteiger partial charge on any atom is 0.429 e. The Kier molecular flexibility index (Phi) is 9.11. The van der Waals surface area contributed by atoms with Crippen LogP contribution in [0.4, 0.5) is 26.3 Å². The fourth-order valence-electron chi connectivity index (χ4n) is 5.44. The lowest BCUT2D eigenvalue weighted by molar-refractivity contribution is -0.189. The highest BCUT2D eigenvalue weighted by Gasteiger charge is 2.38. The van der Waals surface area contributed by atoms with Gasteiger partial charge >= 0.3 is 6.11 Å². The summed E-state index contributed by atoms with van der Waals surface area (Å²) in [7, 11) is 1.45. The summed E-state index contributed by atoms with van der Waals surface area (Å²) >= 11 is 0. The first kappa shape index (κ1) is 33.2. The number of hydrogen-bond donors (Lipinski definition) is 0. The molecule has 0 aliphatic rings. The van der Waals surface area contributed by atoms with E-state index in [4.69, 9.17) is 4.74 Å². The molecular weight excluding hydrogens is 638 g/mol. The number of benzene rings is 6. The van der Waals surface area contributed by atoms with Crippen molar-refractivity contribution in [3.8, 4) is 45.6 Å². The minimum atomic E-state index is -4.25. The van der Waals surface area contributed by atoms with Crippen molar-refractivity contribution in [2.45, 2.75) is 26.4 Å². The third kappa shape index (κ3) is 6.97. The number of rotatable bonds is 7. The lowest BCUT2D eigenvalue weighted by Gasteiger charge is -2.20. The summed E-state index contributed by atoms with van der Waals surface area (Å²) in [5.74, 6) is 1.05. The van der Waals surface area contributed by atoms with Crippen LogP contribution in [0.1, 0.15) is 34.7 Å². The number of fused-ring (bicyclic) bond motifs is 1. The van der Waals surface area contributed by atoms with Crippen LogP contribution in [0.15, 0.2) is 103 Å². The second-order valence-electron chi connectivity index (χ2n) is 11.5. The number of alkyl halides is 2. The highest BCUT2D eigenvalue weighted by Crippen LogP contribution is 2.38. The summed E-state index contributed by atoms with van der Waals surface area (Å²) in [6, 6.07) is 25.2. The van der Waals surface area contributed by atoms with E-state index in [0.29, 0.717) is 45.7 Å². The van der Waals surface area contributed by atoms with Gasteiger partial charge in [0.2, 0.25) is 0 Å². The molecule has 0 aliphatic carbocycles. The van der Waals surface area contributed by atoms with E-state index in [1.54, 1.807) is 49.4 Å². The van der Waals surface area contributed by atoms with Crippen molar-refractivity contribution in [3.63, 3.8) is 0 Å². The third-order valence-corrected chi connectivity index (χ3v) is 8.16. The first-order valence-electron chi connectivity index (χ1n) is 15.3. The average Bonchev–Trinajstić information content (AvgIpc) is 3.08. The van der Waals surface area contributed by atoms with Gasteiger partial charge in [-0.25, -0.2) is 17.6 Å². The van der Waals surface area contributed by atoms with Crippen LogP contribution in [0.2, 0.25) is 0 Å². The molecule has 0 saturated carbocycles. The molecule has 0 amide bonds. The summed E-state index contributed by atoms with van der Waals surface area (Å²) in [5.41, 5.74) is 2.77. The maximum absolute atomic E-state index is 15.2. The number of hydrogen-bond acceptors (Lipinski definition) is 2. The molecule has 6 aromatic carbocycles. The molecule has 8 heteroatoms. The van der Waals surface area contributed by atoms with E-state index >= 15 is 13.2 Å². The second-order valence-corrected chi connectivity index (χ2v) is 11.5. The number of ether oxygens (including phenoxy) is 2. The van der Waals surface area contributed by atoms with Gasteiger partial charge in [-0.05, 0) is 94.9 Å². The zero-order chi connectivity index (χ0) is 34.9. The number of aryl methyl sites for hydroxylation is 2. The van der Waals surface area contributed by atoms with Crippen molar-refractivity contribution in [2.24, 2.45) is 0 Å². The first-order chi connectivity index (χ1) is 23.4. The first-order valence-corrected chi connectivity index (χ1v) is 15.3. The molecule has 0 bridgehead atoms. The van der Waals surface area contributed by atoms with E-state index in [9.17, 15) is 13.2 Å². The Bertz CT molecular complexity index is 2270. The molecular formula is C41H28F6O2. The topological polar surface area (TPSA) is 18.5 Å². The number of methoxy groups -OCH3 is 1. The van der Waals surface area contributed by atoms with Crippen molar-refractivity contribution in [2.75, 3.05) is 7.11 Å². The van der Waals surface area contributed by atoms with Gasteiger partial charge < -0.3 is 9.47 Å². The minimum Gasteiger partial charge on any atom is -0.495 e. The van der Waals surface area contributed by atoms with Gasteiger partial charge in [-0.3, -0.25) is 0 Å². The highest BCUT2D eigenvalue weighted by molar-refractivity contribution is 5.88. The summed E-state index contributed by atoms with van der Waals surface area (Å²) in [4.78, 5) is 0. The van der Waals surface area contributed by atoms with Gasteiger partial charge in [-0.2, -0.15) is 8.78 Å². The highest BCUT2D eigenvalue weighted by atomic mass is 19.3. The van der Waals surface area contributed by atoms with Crippen LogP contribution in [0.25, 0.3) is 33.0 Å². The maximum atomic E-state index is 15.2. The monoisotopic (exact) mass is 666 g/mol. The smallest absolute Gasteiger partial charge is 0.429 e. The summed E-state index contributed by atoms with van der Waals surface area (Å²) < 4.78 is 99.3. The van der Waals surface area contributed by atoms with Gasteiger partial charge in [0, 0.05) is 17.2 Å². The van der Waals surface area contributed by atoms with E-state index in [2.05, 4.69) is 16.6 Å². The summed E-state index contributed by atoms with van der Waals surface area (Å²) in [5, 5.41) is 1.38. The van der Waals surface area contributed by atoms with Gasteiger partial charge in [0.1, 0.15) is 28.8 Å². The van der Waals surface area contributed by atoms with E-state index in [1.807, 2.05) is 31.2 Å². The zero-order valence-electron chi connectivity index (χ0n) is 26.6. The molecule has 0 aliphatic heterocycles. The Morgan fingerprint density at radius 3 is 2.04 bits per heavy atom. The van der Waals surface area contributed by atoms with Gasteiger partial charge in [-0.1, -0.05) is 72.9 Å². The molecule has 6 aromatic rings. The van der Waals surface area contributed by atoms with Crippen LogP contribution in [0.5, 0.6) is 11.5 Å². The Hall–Kier alpha value is -5.68. The molecule has 0 saturated heterocycles. The molecule has 49 heavy (non-hydrogen) atoms. The van der Waals surface area contributed by atoms with Crippen molar-refractivity contribution in [1.29, 1.82) is 0 Å². The Labute approximate surface area is 279 Å². The molecule has 0 unspecified atom stereocenters. The van der Waals surface area contributed by atoms with E-state index in [-0.39, 0.29) is 16.7 Å². The van der Waals surface area contributed by atoms with Crippen LogP contribution in [-0.2, 0) is 12.5 Å². The lowest BCUT2D eigenvalue weighted by atomic mass is 9.99. The Morgan fingerprint density at radius 2 is 1.33 bits per heavy atom. The summed E-state index contributed by atoms with van der Waals surface area (Å²) in [6.45, 7) is 3.71. The van der Waals surface area contributed by atoms with E-state index in [0.717, 1.165) is 29.3 Å². The quantitative estimate of drug-likeness (QED) is 0.125. The molecule has 0 radical (unpaired) electrons. The fourth-order valence-corrected chi connectivity index (χ4v) is 5.44. The third-order valence-electron chi connectivity index (χ3n) is 8.16. The predicted molar refractivity (Wildman–Crippen MR) is 179 cm³/mol. The van der Waals surface area contributed by atoms with Crippen LogP contribution in [0, 0.1) is 42.0 Å². The van der Waals surface area contributed by atoms with E-state index < -0.39 is 40.7 Å². The molecule has 0 heterocycles. The normalized spacial score (nSPS) is 11.3. The van der Waals surface area contributed by atoms with Crippen molar-refractivity contribution in [3.05, 3.63) is 154 Å². The van der Waals surface area contributed by atoms with Crippen LogP contribution < -0.4 is 9.47 Å². The Balaban J connectivity index is 1.24. The van der Waals surface area contributed by atoms with Crippen LogP contribution in [-0.4, -0.2) is 7.11 Å². The molecule has 2 nitrogen and oxygen atoms in total. The molecule has 0 aromatic heterocycles. The SMILES string of the molecule is CCc1ccc(C(F)(F)Oc2cc(F)c(-c3ccc4cc(C#Cc5c(F)cc(-c6ccc(C)cc6)cc5OC)ccc4c3)cc2F)c(F)c1. The number of halogens is 6. The second kappa shape index (κ2) is 13.4. The van der Waals surface area contributed by atoms with Crippen molar-refractivity contribution < 1.29 is 35.8 Å². The molecule has 246 valence electrons. The fraction of sp³-hybridized carbons (Fsp3) is 0.122. The Morgan fingerprint density at radius 1 is 0.612 bits per heavy atom. The lowest BCUT2D eigenvalue weighted by Crippen LogP contribution is -2.24. The average molecular weight is 667 g/mol. The van der Waals surface area contributed by atoms with Crippen LogP contribution >= 0.6 is 0 Å². The zero-order valence-corrected chi connectivity index (χ0v) is 26.6. The molecule has 0 fully saturated rings. The van der Waals surface area contributed by atoms with Gasteiger partial charge in [0.25, 0.3) is 0 Å². The largest absolute Gasteiger partial charge is 0.495 e. The van der Waals surface area contributed by atoms with Crippen molar-refractivity contribution >= 4 is 10.8 Å². The van der Waals surface area contributed by atoms with Gasteiger partial charge in [0.05, 0.1) is 12.7 Å². The molecule has 0 atom stereocenters. The van der Waals surface area contributed by atoms with Crippen LogP contribution in [0.3, 0.4) is 0 Å². The molecule has 0 spiro atoms. The molecule has 0 N–H and O–H groups in total. The predicted octanol–water partition coefficient (Wildman–Crippen LogP) is 11.1. The minimum absolute atomic E-state index is 0.107. The van der Waals surface area contributed by atoms with Crippen molar-refractivity contribution in [1.82, 2.24) is 0 Å². The summed E-state index contributed by atoms with van der Waals surface area (Å²) in [6.07, 6.45) is -3.83.